The molecule has 5 heteroatoms. The minimum Gasteiger partial charge on any atom is -0.314 e. The van der Waals surface area contributed by atoms with Gasteiger partial charge in [-0.05, 0) is 34.5 Å². The molecule has 0 atom stereocenters. The monoisotopic (exact) mass is 286 g/mol. The van der Waals surface area contributed by atoms with Crippen LogP contribution in [0.25, 0.3) is 0 Å². The molecule has 88 valence electrons. The van der Waals surface area contributed by atoms with E-state index >= 15 is 0 Å². The third-order valence-electron chi connectivity index (χ3n) is 2.20. The Morgan fingerprint density at radius 1 is 1.50 bits per heavy atom. The molecule has 1 aromatic carbocycles. The molecule has 0 fully saturated rings. The Morgan fingerprint density at radius 2 is 2.19 bits per heavy atom. The van der Waals surface area contributed by atoms with E-state index in [1.54, 1.807) is 6.07 Å². The van der Waals surface area contributed by atoms with Crippen molar-refractivity contribution in [2.75, 3.05) is 6.54 Å². The summed E-state index contributed by atoms with van der Waals surface area (Å²) in [6.45, 7) is 4.96. The molecule has 0 amide bonds. The van der Waals surface area contributed by atoms with E-state index in [0.717, 1.165) is 18.5 Å². The average Bonchev–Trinajstić information content (AvgIpc) is 2.19. The summed E-state index contributed by atoms with van der Waals surface area (Å²) in [4.78, 5) is 10.3. The molecule has 1 aromatic rings. The fraction of sp³-hybridized carbons (Fsp3) is 0.455. The summed E-state index contributed by atoms with van der Waals surface area (Å²) >= 11 is 3.28. The van der Waals surface area contributed by atoms with Gasteiger partial charge in [0, 0.05) is 12.1 Å². The molecule has 0 spiro atoms. The van der Waals surface area contributed by atoms with Crippen LogP contribution in [-0.4, -0.2) is 17.5 Å². The summed E-state index contributed by atoms with van der Waals surface area (Å²) in [7, 11) is 0. The number of nitrogens with one attached hydrogen (secondary N) is 1. The Labute approximate surface area is 103 Å². The number of nitro benzene ring substituents is 1. The lowest BCUT2D eigenvalue weighted by atomic mass is 10.1. The van der Waals surface area contributed by atoms with Gasteiger partial charge < -0.3 is 5.32 Å². The van der Waals surface area contributed by atoms with Gasteiger partial charge in [-0.15, -0.1) is 0 Å². The number of hydrogen-bond donors (Lipinski definition) is 1. The van der Waals surface area contributed by atoms with Gasteiger partial charge in [0.05, 0.1) is 9.40 Å². The second kappa shape index (κ2) is 5.96. The van der Waals surface area contributed by atoms with Gasteiger partial charge in [-0.1, -0.05) is 26.0 Å². The van der Waals surface area contributed by atoms with Crippen molar-refractivity contribution >= 4 is 21.6 Å². The molecule has 0 radical (unpaired) electrons. The Bertz CT molecular complexity index is 380. The SMILES string of the molecule is CC(C)NCCc1cccc([N+](=O)[O-])c1Br. The minimum atomic E-state index is -0.372. The lowest BCUT2D eigenvalue weighted by Crippen LogP contribution is -2.25. The first kappa shape index (κ1) is 13.1. The van der Waals surface area contributed by atoms with Gasteiger partial charge in [-0.3, -0.25) is 10.1 Å². The Hall–Kier alpha value is -0.940. The lowest BCUT2D eigenvalue weighted by Gasteiger charge is -2.09. The number of nitrogens with zero attached hydrogens (tertiary/aromatic N) is 1. The van der Waals surface area contributed by atoms with Gasteiger partial charge in [-0.2, -0.15) is 0 Å². The summed E-state index contributed by atoms with van der Waals surface area (Å²) in [6.07, 6.45) is 0.778. The molecular formula is C11H15BrN2O2. The third-order valence-corrected chi connectivity index (χ3v) is 3.12. The van der Waals surface area contributed by atoms with Crippen LogP contribution < -0.4 is 5.32 Å². The zero-order valence-electron chi connectivity index (χ0n) is 9.37. The van der Waals surface area contributed by atoms with Gasteiger partial charge in [0.15, 0.2) is 0 Å². The van der Waals surface area contributed by atoms with E-state index in [2.05, 4.69) is 35.1 Å². The second-order valence-corrected chi connectivity index (χ2v) is 4.66. The molecular weight excluding hydrogens is 272 g/mol. The molecule has 0 saturated heterocycles. The fourth-order valence-electron chi connectivity index (χ4n) is 1.40. The van der Waals surface area contributed by atoms with E-state index in [-0.39, 0.29) is 10.6 Å². The molecule has 0 heterocycles. The van der Waals surface area contributed by atoms with Crippen molar-refractivity contribution in [3.8, 4) is 0 Å². The number of benzene rings is 1. The van der Waals surface area contributed by atoms with Crippen LogP contribution in [0.4, 0.5) is 5.69 Å². The van der Waals surface area contributed by atoms with E-state index in [1.165, 1.54) is 6.07 Å². The second-order valence-electron chi connectivity index (χ2n) is 3.87. The van der Waals surface area contributed by atoms with Gasteiger partial charge in [-0.25, -0.2) is 0 Å². The van der Waals surface area contributed by atoms with Crippen LogP contribution in [0.1, 0.15) is 19.4 Å². The smallest absolute Gasteiger partial charge is 0.283 e. The summed E-state index contributed by atoms with van der Waals surface area (Å²) < 4.78 is 0.588. The van der Waals surface area contributed by atoms with Gasteiger partial charge in [0.1, 0.15) is 0 Å². The number of rotatable bonds is 5. The first-order valence-corrected chi connectivity index (χ1v) is 5.97. The summed E-state index contributed by atoms with van der Waals surface area (Å²) in [5.74, 6) is 0. The summed E-state index contributed by atoms with van der Waals surface area (Å²) in [5.41, 5.74) is 1.09. The van der Waals surface area contributed by atoms with E-state index in [1.807, 2.05) is 6.07 Å². The predicted octanol–water partition coefficient (Wildman–Crippen LogP) is 2.90. The van der Waals surface area contributed by atoms with Gasteiger partial charge in [0.2, 0.25) is 0 Å². The number of hydrogen-bond acceptors (Lipinski definition) is 3. The largest absolute Gasteiger partial charge is 0.314 e. The summed E-state index contributed by atoms with van der Waals surface area (Å²) in [6, 6.07) is 5.55. The molecule has 0 saturated carbocycles. The van der Waals surface area contributed by atoms with Crippen molar-refractivity contribution in [2.24, 2.45) is 0 Å². The molecule has 0 bridgehead atoms. The predicted molar refractivity (Wildman–Crippen MR) is 67.6 cm³/mol. The zero-order chi connectivity index (χ0) is 12.1. The number of halogens is 1. The standard InChI is InChI=1S/C11H15BrN2O2/c1-8(2)13-7-6-9-4-3-5-10(11(9)12)14(15)16/h3-5,8,13H,6-7H2,1-2H3. The first-order valence-electron chi connectivity index (χ1n) is 5.17. The summed E-state index contributed by atoms with van der Waals surface area (Å²) in [5, 5.41) is 14.0. The topological polar surface area (TPSA) is 55.2 Å². The average molecular weight is 287 g/mol. The van der Waals surface area contributed by atoms with Gasteiger partial charge in [0.25, 0.3) is 5.69 Å². The van der Waals surface area contributed by atoms with E-state index in [4.69, 9.17) is 0 Å². The molecule has 0 aliphatic rings. The van der Waals surface area contributed by atoms with Crippen molar-refractivity contribution in [3.05, 3.63) is 38.3 Å². The van der Waals surface area contributed by atoms with Crippen LogP contribution in [0.2, 0.25) is 0 Å². The van der Waals surface area contributed by atoms with E-state index in [0.29, 0.717) is 10.5 Å². The third kappa shape index (κ3) is 3.57. The first-order chi connectivity index (χ1) is 7.52. The van der Waals surface area contributed by atoms with Gasteiger partial charge >= 0.3 is 0 Å². The Balaban J connectivity index is 2.73. The number of nitro groups is 1. The quantitative estimate of drug-likeness (QED) is 0.669. The van der Waals surface area contributed by atoms with Crippen LogP contribution in [0.5, 0.6) is 0 Å². The molecule has 1 N–H and O–H groups in total. The molecule has 0 unspecified atom stereocenters. The van der Waals surface area contributed by atoms with Crippen molar-refractivity contribution in [3.63, 3.8) is 0 Å². The fourth-order valence-corrected chi connectivity index (χ4v) is 2.00. The highest BCUT2D eigenvalue weighted by Crippen LogP contribution is 2.28. The van der Waals surface area contributed by atoms with Crippen LogP contribution in [0.15, 0.2) is 22.7 Å². The maximum atomic E-state index is 10.7. The van der Waals surface area contributed by atoms with E-state index < -0.39 is 0 Å². The molecule has 0 aliphatic heterocycles. The molecule has 1 rings (SSSR count). The van der Waals surface area contributed by atoms with Crippen molar-refractivity contribution < 1.29 is 4.92 Å². The Kier molecular flexibility index (Phi) is 4.89. The normalized spacial score (nSPS) is 10.8. The minimum absolute atomic E-state index is 0.127. The molecule has 0 aromatic heterocycles. The zero-order valence-corrected chi connectivity index (χ0v) is 11.0. The van der Waals surface area contributed by atoms with Crippen LogP contribution in [0.3, 0.4) is 0 Å². The van der Waals surface area contributed by atoms with Crippen molar-refractivity contribution in [1.82, 2.24) is 5.32 Å². The van der Waals surface area contributed by atoms with Crippen LogP contribution >= 0.6 is 15.9 Å². The maximum Gasteiger partial charge on any atom is 0.283 e. The lowest BCUT2D eigenvalue weighted by molar-refractivity contribution is -0.385. The highest BCUT2D eigenvalue weighted by Gasteiger charge is 2.14. The van der Waals surface area contributed by atoms with Crippen molar-refractivity contribution in [2.45, 2.75) is 26.3 Å². The van der Waals surface area contributed by atoms with E-state index in [9.17, 15) is 10.1 Å². The maximum absolute atomic E-state index is 10.7. The molecule has 0 aliphatic carbocycles. The highest BCUT2D eigenvalue weighted by atomic mass is 79.9. The van der Waals surface area contributed by atoms with Crippen molar-refractivity contribution in [1.29, 1.82) is 0 Å². The highest BCUT2D eigenvalue weighted by molar-refractivity contribution is 9.10. The van der Waals surface area contributed by atoms with Crippen LogP contribution in [0, 0.1) is 10.1 Å². The molecule has 4 nitrogen and oxygen atoms in total. The Morgan fingerprint density at radius 3 is 2.75 bits per heavy atom. The molecule has 16 heavy (non-hydrogen) atoms. The van der Waals surface area contributed by atoms with Crippen LogP contribution in [-0.2, 0) is 6.42 Å².